The van der Waals surface area contributed by atoms with E-state index in [1.54, 1.807) is 0 Å². The van der Waals surface area contributed by atoms with Gasteiger partial charge in [-0.25, -0.2) is 0 Å². The van der Waals surface area contributed by atoms with E-state index in [1.807, 2.05) is 62.4 Å². The Balaban J connectivity index is 0.000000956. The average Bonchev–Trinajstić information content (AvgIpc) is 2.50. The van der Waals surface area contributed by atoms with E-state index in [0.29, 0.717) is 13.2 Å². The molecule has 2 nitrogen and oxygen atoms in total. The summed E-state index contributed by atoms with van der Waals surface area (Å²) in [6, 6.07) is 17.9. The zero-order valence-electron chi connectivity index (χ0n) is 12.6. The molecule has 0 amide bonds. The summed E-state index contributed by atoms with van der Waals surface area (Å²) in [4.78, 5) is 0. The van der Waals surface area contributed by atoms with Gasteiger partial charge in [-0.15, -0.1) is 0 Å². The van der Waals surface area contributed by atoms with Crippen LogP contribution in [-0.4, -0.2) is 13.2 Å². The van der Waals surface area contributed by atoms with Crippen LogP contribution in [0, 0.1) is 6.92 Å². The van der Waals surface area contributed by atoms with Crippen LogP contribution < -0.4 is 9.47 Å². The van der Waals surface area contributed by atoms with Gasteiger partial charge < -0.3 is 9.47 Å². The number of aryl methyl sites for hydroxylation is 1. The highest BCUT2D eigenvalue weighted by Gasteiger charge is 1.95. The van der Waals surface area contributed by atoms with E-state index in [9.17, 15) is 0 Å². The van der Waals surface area contributed by atoms with E-state index in [0.717, 1.165) is 17.9 Å². The molecule has 2 aromatic rings. The molecular formula is C18H24O2. The van der Waals surface area contributed by atoms with Gasteiger partial charge in [0, 0.05) is 6.42 Å². The van der Waals surface area contributed by atoms with E-state index < -0.39 is 0 Å². The average molecular weight is 272 g/mol. The molecule has 0 heterocycles. The Hall–Kier alpha value is -1.96. The predicted octanol–water partition coefficient (Wildman–Crippen LogP) is 4.87. The van der Waals surface area contributed by atoms with E-state index in [4.69, 9.17) is 9.47 Å². The van der Waals surface area contributed by atoms with Crippen LogP contribution in [0.15, 0.2) is 54.6 Å². The summed E-state index contributed by atoms with van der Waals surface area (Å²) in [5, 5.41) is 0. The third kappa shape index (κ3) is 6.28. The normalized spacial score (nSPS) is 9.35. The zero-order chi connectivity index (χ0) is 14.6. The summed E-state index contributed by atoms with van der Waals surface area (Å²) in [5.41, 5.74) is 1.22. The monoisotopic (exact) mass is 272 g/mol. The molecule has 0 bridgehead atoms. The summed E-state index contributed by atoms with van der Waals surface area (Å²) in [6.45, 7) is 7.41. The van der Waals surface area contributed by atoms with Gasteiger partial charge in [-0.2, -0.15) is 0 Å². The van der Waals surface area contributed by atoms with Crippen molar-refractivity contribution in [2.24, 2.45) is 0 Å². The summed E-state index contributed by atoms with van der Waals surface area (Å²) < 4.78 is 11.2. The number of para-hydroxylation sites is 1. The maximum absolute atomic E-state index is 5.64. The van der Waals surface area contributed by atoms with Crippen LogP contribution in [0.2, 0.25) is 0 Å². The van der Waals surface area contributed by atoms with Gasteiger partial charge in [0.05, 0.1) is 13.2 Å². The lowest BCUT2D eigenvalue weighted by Crippen LogP contribution is -2.04. The molecule has 0 saturated carbocycles. The van der Waals surface area contributed by atoms with Crippen LogP contribution >= 0.6 is 0 Å². The van der Waals surface area contributed by atoms with Crippen LogP contribution in [0.5, 0.6) is 11.5 Å². The lowest BCUT2D eigenvalue weighted by Gasteiger charge is -2.08. The highest BCUT2D eigenvalue weighted by molar-refractivity contribution is 5.27. The first-order valence-electron chi connectivity index (χ1n) is 7.22. The third-order valence-corrected chi connectivity index (χ3v) is 2.56. The molecule has 2 heteroatoms. The SMILES string of the molecule is CC.Cc1cccc(OCCCOc2ccccc2)c1. The predicted molar refractivity (Wildman–Crippen MR) is 84.6 cm³/mol. The fourth-order valence-electron chi connectivity index (χ4n) is 1.66. The van der Waals surface area contributed by atoms with Crippen LogP contribution in [0.1, 0.15) is 25.8 Å². The van der Waals surface area contributed by atoms with Crippen molar-refractivity contribution in [2.45, 2.75) is 27.2 Å². The standard InChI is InChI=1S/C16H18O2.C2H6/c1-14-7-5-10-16(13-14)18-12-6-11-17-15-8-3-2-4-9-15;1-2/h2-5,7-10,13H,6,11-12H2,1H3;1-2H3. The maximum atomic E-state index is 5.64. The smallest absolute Gasteiger partial charge is 0.119 e. The van der Waals surface area contributed by atoms with E-state index in [2.05, 4.69) is 13.0 Å². The van der Waals surface area contributed by atoms with E-state index in [1.165, 1.54) is 5.56 Å². The largest absolute Gasteiger partial charge is 0.493 e. The molecule has 2 rings (SSSR count). The Bertz CT molecular complexity index is 466. The summed E-state index contributed by atoms with van der Waals surface area (Å²) in [6.07, 6.45) is 0.878. The highest BCUT2D eigenvalue weighted by Crippen LogP contribution is 2.13. The van der Waals surface area contributed by atoms with Crippen LogP contribution in [0.3, 0.4) is 0 Å². The Morgan fingerprint density at radius 3 is 2.00 bits per heavy atom. The van der Waals surface area contributed by atoms with Gasteiger partial charge in [-0.3, -0.25) is 0 Å². The van der Waals surface area contributed by atoms with Crippen molar-refractivity contribution in [3.8, 4) is 11.5 Å². The third-order valence-electron chi connectivity index (χ3n) is 2.56. The van der Waals surface area contributed by atoms with Gasteiger partial charge in [0.2, 0.25) is 0 Å². The van der Waals surface area contributed by atoms with Crippen molar-refractivity contribution in [3.63, 3.8) is 0 Å². The van der Waals surface area contributed by atoms with Crippen molar-refractivity contribution in [1.82, 2.24) is 0 Å². The summed E-state index contributed by atoms with van der Waals surface area (Å²) >= 11 is 0. The van der Waals surface area contributed by atoms with Crippen molar-refractivity contribution in [1.29, 1.82) is 0 Å². The summed E-state index contributed by atoms with van der Waals surface area (Å²) in [7, 11) is 0. The maximum Gasteiger partial charge on any atom is 0.119 e. The molecule has 0 atom stereocenters. The molecule has 0 fully saturated rings. The zero-order valence-corrected chi connectivity index (χ0v) is 12.6. The minimum atomic E-state index is 0.676. The number of ether oxygens (including phenoxy) is 2. The Morgan fingerprint density at radius 2 is 1.35 bits per heavy atom. The summed E-state index contributed by atoms with van der Waals surface area (Å²) in [5.74, 6) is 1.84. The van der Waals surface area contributed by atoms with Crippen LogP contribution in [0.25, 0.3) is 0 Å². The van der Waals surface area contributed by atoms with E-state index >= 15 is 0 Å². The quantitative estimate of drug-likeness (QED) is 0.698. The Morgan fingerprint density at radius 1 is 0.750 bits per heavy atom. The molecule has 0 N–H and O–H groups in total. The minimum Gasteiger partial charge on any atom is -0.493 e. The van der Waals surface area contributed by atoms with Gasteiger partial charge in [-0.1, -0.05) is 44.2 Å². The van der Waals surface area contributed by atoms with Gasteiger partial charge in [0.25, 0.3) is 0 Å². The lowest BCUT2D eigenvalue weighted by atomic mass is 10.2. The second-order valence-corrected chi connectivity index (χ2v) is 4.18. The van der Waals surface area contributed by atoms with Crippen LogP contribution in [-0.2, 0) is 0 Å². The molecule has 0 aromatic heterocycles. The van der Waals surface area contributed by atoms with Gasteiger partial charge in [0.15, 0.2) is 0 Å². The second-order valence-electron chi connectivity index (χ2n) is 4.18. The molecular weight excluding hydrogens is 248 g/mol. The van der Waals surface area contributed by atoms with Gasteiger partial charge in [0.1, 0.15) is 11.5 Å². The fraction of sp³-hybridized carbons (Fsp3) is 0.333. The minimum absolute atomic E-state index is 0.676. The Kier molecular flexibility index (Phi) is 7.97. The first-order valence-corrected chi connectivity index (χ1v) is 7.22. The van der Waals surface area contributed by atoms with Crippen molar-refractivity contribution >= 4 is 0 Å². The molecule has 0 unspecified atom stereocenters. The number of benzene rings is 2. The second kappa shape index (κ2) is 9.90. The molecule has 0 aliphatic carbocycles. The first kappa shape index (κ1) is 16.1. The van der Waals surface area contributed by atoms with E-state index in [-0.39, 0.29) is 0 Å². The molecule has 0 radical (unpaired) electrons. The van der Waals surface area contributed by atoms with Gasteiger partial charge in [-0.05, 0) is 36.8 Å². The van der Waals surface area contributed by atoms with Crippen molar-refractivity contribution in [3.05, 3.63) is 60.2 Å². The molecule has 20 heavy (non-hydrogen) atoms. The molecule has 2 aromatic carbocycles. The highest BCUT2D eigenvalue weighted by atomic mass is 16.5. The molecule has 0 spiro atoms. The number of hydrogen-bond acceptors (Lipinski definition) is 2. The number of hydrogen-bond donors (Lipinski definition) is 0. The lowest BCUT2D eigenvalue weighted by molar-refractivity contribution is 0.247. The van der Waals surface area contributed by atoms with Crippen LogP contribution in [0.4, 0.5) is 0 Å². The van der Waals surface area contributed by atoms with Crippen molar-refractivity contribution < 1.29 is 9.47 Å². The van der Waals surface area contributed by atoms with Crippen molar-refractivity contribution in [2.75, 3.05) is 13.2 Å². The fourth-order valence-corrected chi connectivity index (χ4v) is 1.66. The first-order chi connectivity index (χ1) is 9.84. The molecule has 108 valence electrons. The molecule has 0 saturated heterocycles. The molecule has 0 aliphatic rings. The van der Waals surface area contributed by atoms with Gasteiger partial charge >= 0.3 is 0 Å². The molecule has 0 aliphatic heterocycles. The Labute approximate surface area is 122 Å². The number of rotatable bonds is 6. The topological polar surface area (TPSA) is 18.5 Å².